The van der Waals surface area contributed by atoms with Gasteiger partial charge >= 0.3 is 5.97 Å². The van der Waals surface area contributed by atoms with Crippen LogP contribution < -0.4 is 10.3 Å². The van der Waals surface area contributed by atoms with E-state index in [4.69, 9.17) is 4.74 Å². The van der Waals surface area contributed by atoms with Gasteiger partial charge < -0.3 is 14.7 Å². The van der Waals surface area contributed by atoms with Gasteiger partial charge in [-0.1, -0.05) is 25.3 Å². The van der Waals surface area contributed by atoms with Crippen LogP contribution in [0.1, 0.15) is 93.6 Å². The molecule has 0 aromatic carbocycles. The number of allylic oxidation sites excluding steroid dienone is 1. The van der Waals surface area contributed by atoms with Crippen molar-refractivity contribution < 1.29 is 19.4 Å². The average molecular weight is 538 g/mol. The van der Waals surface area contributed by atoms with E-state index in [0.29, 0.717) is 28.1 Å². The van der Waals surface area contributed by atoms with Gasteiger partial charge in [0.2, 0.25) is 11.8 Å². The van der Waals surface area contributed by atoms with Crippen molar-refractivity contribution in [1.29, 1.82) is 0 Å². The van der Waals surface area contributed by atoms with E-state index in [9.17, 15) is 14.7 Å². The summed E-state index contributed by atoms with van der Waals surface area (Å²) in [5, 5.41) is 14.3. The second kappa shape index (κ2) is 11.8. The standard InChI is InChI=1S/C30H39N3O4S/c1-19-6-9-21(10-7-19)28(34)33(25-18-24(16-17-30(3,4)5)38-27(25)29(35)36)22-11-13-23(14-12-22)37-26-15-8-20(2)31-32-26/h8,15,18-19,21-23,31H,2,6-7,9-14H2,1,3-5H3,(H,35,36)/t19-,21-,22-,23-. The number of hydrogen-bond acceptors (Lipinski definition) is 6. The molecule has 3 aliphatic rings. The molecule has 4 rings (SSSR count). The number of hydrogen-bond donors (Lipinski definition) is 2. The maximum atomic E-state index is 14.1. The predicted octanol–water partition coefficient (Wildman–Crippen LogP) is 6.32. The van der Waals surface area contributed by atoms with E-state index < -0.39 is 5.97 Å². The minimum absolute atomic E-state index is 0.00932. The number of ether oxygens (including phenoxy) is 1. The predicted molar refractivity (Wildman–Crippen MR) is 152 cm³/mol. The lowest BCUT2D eigenvalue weighted by molar-refractivity contribution is -0.124. The summed E-state index contributed by atoms with van der Waals surface area (Å²) in [6, 6.07) is 1.73. The number of carboxylic acid groups (broad SMARTS) is 1. The second-order valence-corrected chi connectivity index (χ2v) is 12.8. The molecule has 0 saturated heterocycles. The Morgan fingerprint density at radius 2 is 1.82 bits per heavy atom. The molecule has 7 nitrogen and oxygen atoms in total. The third-order valence-electron chi connectivity index (χ3n) is 7.36. The van der Waals surface area contributed by atoms with E-state index in [1.807, 2.05) is 37.8 Å². The number of nitrogens with one attached hydrogen (secondary N) is 1. The first-order valence-corrected chi connectivity index (χ1v) is 14.4. The summed E-state index contributed by atoms with van der Waals surface area (Å²) in [6.45, 7) is 12.1. The quantitative estimate of drug-likeness (QED) is 0.429. The van der Waals surface area contributed by atoms with Crippen molar-refractivity contribution in [3.05, 3.63) is 40.2 Å². The van der Waals surface area contributed by atoms with E-state index in [0.717, 1.165) is 62.7 Å². The van der Waals surface area contributed by atoms with E-state index >= 15 is 0 Å². The van der Waals surface area contributed by atoms with E-state index in [-0.39, 0.29) is 34.3 Å². The van der Waals surface area contributed by atoms with Crippen LogP contribution in [0.2, 0.25) is 0 Å². The van der Waals surface area contributed by atoms with Crippen molar-refractivity contribution in [2.24, 2.45) is 22.4 Å². The van der Waals surface area contributed by atoms with E-state index in [1.54, 1.807) is 6.08 Å². The van der Waals surface area contributed by atoms with Crippen LogP contribution in [-0.4, -0.2) is 35.0 Å². The Hall–Kier alpha value is -3.05. The molecule has 38 heavy (non-hydrogen) atoms. The smallest absolute Gasteiger partial charge is 0.348 e. The van der Waals surface area contributed by atoms with Crippen LogP contribution in [0.4, 0.5) is 5.69 Å². The summed E-state index contributed by atoms with van der Waals surface area (Å²) < 4.78 is 6.08. The molecule has 2 aliphatic carbocycles. The molecule has 1 aromatic rings. The molecule has 2 fully saturated rings. The van der Waals surface area contributed by atoms with Gasteiger partial charge in [-0.2, -0.15) is 0 Å². The van der Waals surface area contributed by atoms with Crippen LogP contribution in [0.15, 0.2) is 35.6 Å². The Morgan fingerprint density at radius 1 is 1.13 bits per heavy atom. The lowest BCUT2D eigenvalue weighted by atomic mass is 9.81. The topological polar surface area (TPSA) is 91.2 Å². The Labute approximate surface area is 230 Å². The summed E-state index contributed by atoms with van der Waals surface area (Å²) in [5.41, 5.74) is 3.83. The summed E-state index contributed by atoms with van der Waals surface area (Å²) in [6.07, 6.45) is 10.3. The fraction of sp³-hybridized carbons (Fsp3) is 0.567. The van der Waals surface area contributed by atoms with Crippen LogP contribution in [-0.2, 0) is 9.53 Å². The molecular formula is C30H39N3O4S. The molecule has 0 bridgehead atoms. The maximum absolute atomic E-state index is 14.1. The zero-order chi connectivity index (χ0) is 27.4. The van der Waals surface area contributed by atoms with Crippen molar-refractivity contribution in [3.8, 4) is 11.8 Å². The fourth-order valence-corrected chi connectivity index (χ4v) is 6.10. The number of carbonyl (C=O) groups excluding carboxylic acids is 1. The Balaban J connectivity index is 1.59. The first-order valence-electron chi connectivity index (χ1n) is 13.6. The highest BCUT2D eigenvalue weighted by atomic mass is 32.1. The summed E-state index contributed by atoms with van der Waals surface area (Å²) >= 11 is 1.16. The number of hydrazone groups is 1. The molecule has 0 radical (unpaired) electrons. The monoisotopic (exact) mass is 537 g/mol. The van der Waals surface area contributed by atoms with Crippen molar-refractivity contribution in [1.82, 2.24) is 5.43 Å². The van der Waals surface area contributed by atoms with E-state index in [2.05, 4.69) is 35.9 Å². The number of carboxylic acids is 1. The first-order chi connectivity index (χ1) is 18.0. The number of amides is 1. The van der Waals surface area contributed by atoms with Crippen LogP contribution in [0.5, 0.6) is 0 Å². The minimum Gasteiger partial charge on any atom is -0.477 e. The van der Waals surface area contributed by atoms with E-state index in [1.165, 1.54) is 0 Å². The first kappa shape index (κ1) is 28.0. The lowest BCUT2D eigenvalue weighted by Gasteiger charge is -2.39. The molecule has 2 heterocycles. The molecule has 204 valence electrons. The minimum atomic E-state index is -1.02. The summed E-state index contributed by atoms with van der Waals surface area (Å²) in [7, 11) is 0. The van der Waals surface area contributed by atoms with Crippen molar-refractivity contribution in [2.45, 2.75) is 91.2 Å². The number of rotatable bonds is 5. The van der Waals surface area contributed by atoms with Crippen molar-refractivity contribution in [3.63, 3.8) is 0 Å². The van der Waals surface area contributed by atoms with Gasteiger partial charge in [-0.05, 0) is 90.2 Å². The zero-order valence-corrected chi connectivity index (χ0v) is 23.7. The largest absolute Gasteiger partial charge is 0.477 e. The number of aromatic carboxylic acids is 1. The van der Waals surface area contributed by atoms with Crippen LogP contribution in [0.3, 0.4) is 0 Å². The second-order valence-electron chi connectivity index (χ2n) is 11.8. The van der Waals surface area contributed by atoms with Crippen LogP contribution >= 0.6 is 11.3 Å². The van der Waals surface area contributed by atoms with Gasteiger partial charge in [-0.25, -0.2) is 4.79 Å². The number of nitrogens with zero attached hydrogens (tertiary/aromatic N) is 2. The number of carbonyl (C=O) groups is 2. The fourth-order valence-electron chi connectivity index (χ4n) is 5.25. The molecular weight excluding hydrogens is 498 g/mol. The Kier molecular flexibility index (Phi) is 8.67. The summed E-state index contributed by atoms with van der Waals surface area (Å²) in [5.74, 6) is 6.47. The highest BCUT2D eigenvalue weighted by Gasteiger charge is 2.38. The van der Waals surface area contributed by atoms with Crippen LogP contribution in [0, 0.1) is 29.1 Å². The molecule has 2 N–H and O–H groups in total. The van der Waals surface area contributed by atoms with Crippen LogP contribution in [0.25, 0.3) is 0 Å². The third kappa shape index (κ3) is 7.08. The molecule has 0 spiro atoms. The number of anilines is 1. The zero-order valence-electron chi connectivity index (χ0n) is 22.9. The van der Waals surface area contributed by atoms with Gasteiger partial charge in [0.15, 0.2) is 0 Å². The van der Waals surface area contributed by atoms with Gasteiger partial charge in [-0.15, -0.1) is 16.4 Å². The molecule has 0 atom stereocenters. The SMILES string of the molecule is C=C1C=CC(O[C@H]2CC[C@H](N(c3cc(C#CC(C)(C)C)sc3C(=O)O)C(=O)[C@H]3CC[C@H](C)CC3)CC2)=NN1. The Morgan fingerprint density at radius 3 is 2.39 bits per heavy atom. The normalized spacial score (nSPS) is 25.5. The molecule has 1 aromatic heterocycles. The number of thiophene rings is 1. The molecule has 8 heteroatoms. The average Bonchev–Trinajstić information content (AvgIpc) is 3.30. The highest BCUT2D eigenvalue weighted by molar-refractivity contribution is 7.15. The van der Waals surface area contributed by atoms with Gasteiger partial charge in [0.25, 0.3) is 0 Å². The van der Waals surface area contributed by atoms with Gasteiger partial charge in [0.1, 0.15) is 11.0 Å². The maximum Gasteiger partial charge on any atom is 0.348 e. The van der Waals surface area contributed by atoms with Gasteiger partial charge in [-0.3, -0.25) is 10.2 Å². The summed E-state index contributed by atoms with van der Waals surface area (Å²) in [4.78, 5) is 29.1. The third-order valence-corrected chi connectivity index (χ3v) is 8.39. The lowest BCUT2D eigenvalue weighted by Crippen LogP contribution is -2.47. The Bertz CT molecular complexity index is 1180. The molecule has 2 saturated carbocycles. The van der Waals surface area contributed by atoms with Crippen molar-refractivity contribution in [2.75, 3.05) is 4.90 Å². The highest BCUT2D eigenvalue weighted by Crippen LogP contribution is 2.39. The molecule has 1 aliphatic heterocycles. The molecule has 0 unspecified atom stereocenters. The van der Waals surface area contributed by atoms with Gasteiger partial charge in [0, 0.05) is 29.1 Å². The van der Waals surface area contributed by atoms with Gasteiger partial charge in [0.05, 0.1) is 10.6 Å². The van der Waals surface area contributed by atoms with Crippen molar-refractivity contribution >= 4 is 34.8 Å². The molecule has 1 amide bonds.